The van der Waals surface area contributed by atoms with E-state index in [4.69, 9.17) is 0 Å². The summed E-state index contributed by atoms with van der Waals surface area (Å²) in [7, 11) is 0. The molecule has 2 rings (SSSR count). The minimum atomic E-state index is -0.592. The molecule has 0 spiro atoms. The third-order valence-electron chi connectivity index (χ3n) is 3.09. The average Bonchev–Trinajstić information content (AvgIpc) is 2.46. The van der Waals surface area contributed by atoms with Crippen LogP contribution in [0.3, 0.4) is 0 Å². The van der Waals surface area contributed by atoms with E-state index in [1.165, 1.54) is 23.9 Å². The fourth-order valence-corrected chi connectivity index (χ4v) is 1.81. The Bertz CT molecular complexity index is 576. The Hall–Kier alpha value is -2.23. The number of nitrogens with one attached hydrogen (secondary N) is 1. The van der Waals surface area contributed by atoms with Crippen molar-refractivity contribution in [3.05, 3.63) is 65.2 Å². The molecule has 0 saturated carbocycles. The highest BCUT2D eigenvalue weighted by Gasteiger charge is 2.06. The number of rotatable bonds is 4. The molecule has 104 valence electrons. The van der Waals surface area contributed by atoms with Crippen LogP contribution < -0.4 is 5.32 Å². The molecule has 0 unspecified atom stereocenters. The lowest BCUT2D eigenvalue weighted by molar-refractivity contribution is 0.0950. The molecule has 2 aromatic rings. The second kappa shape index (κ2) is 6.28. The molecule has 0 atom stereocenters. The highest BCUT2D eigenvalue weighted by Crippen LogP contribution is 2.14. The van der Waals surface area contributed by atoms with Crippen LogP contribution in [0.25, 0.3) is 0 Å². The van der Waals surface area contributed by atoms with Gasteiger partial charge < -0.3 is 5.32 Å². The molecule has 1 aromatic carbocycles. The van der Waals surface area contributed by atoms with Gasteiger partial charge in [-0.25, -0.2) is 4.98 Å². The average molecular weight is 272 g/mol. The van der Waals surface area contributed by atoms with E-state index in [1.54, 1.807) is 0 Å². The van der Waals surface area contributed by atoms with E-state index in [1.807, 2.05) is 12.1 Å². The summed E-state index contributed by atoms with van der Waals surface area (Å²) in [5.41, 5.74) is 2.64. The van der Waals surface area contributed by atoms with E-state index in [0.29, 0.717) is 18.0 Å². The Morgan fingerprint density at radius 1 is 1.20 bits per heavy atom. The zero-order valence-electron chi connectivity index (χ0n) is 11.6. The lowest BCUT2D eigenvalue weighted by atomic mass is 10.0. The van der Waals surface area contributed by atoms with Gasteiger partial charge in [0.1, 0.15) is 0 Å². The van der Waals surface area contributed by atoms with E-state index >= 15 is 0 Å². The number of pyridine rings is 1. The Morgan fingerprint density at radius 3 is 2.45 bits per heavy atom. The van der Waals surface area contributed by atoms with Gasteiger partial charge in [-0.3, -0.25) is 4.79 Å². The standard InChI is InChI=1S/C16H17FN2O/c1-11(2)13-5-3-12(4-6-13)9-19-16(20)14-7-8-15(17)18-10-14/h3-8,10-11H,9H2,1-2H3,(H,19,20). The van der Waals surface area contributed by atoms with Crippen LogP contribution in [0.2, 0.25) is 0 Å². The second-order valence-electron chi connectivity index (χ2n) is 4.95. The van der Waals surface area contributed by atoms with Crippen LogP contribution in [-0.4, -0.2) is 10.9 Å². The van der Waals surface area contributed by atoms with Gasteiger partial charge in [-0.1, -0.05) is 38.1 Å². The fourth-order valence-electron chi connectivity index (χ4n) is 1.81. The van der Waals surface area contributed by atoms with Crippen molar-refractivity contribution in [2.24, 2.45) is 0 Å². The maximum atomic E-state index is 12.7. The summed E-state index contributed by atoms with van der Waals surface area (Å²) < 4.78 is 12.7. The third-order valence-corrected chi connectivity index (χ3v) is 3.09. The predicted octanol–water partition coefficient (Wildman–Crippen LogP) is 3.27. The summed E-state index contributed by atoms with van der Waals surface area (Å²) in [5.74, 6) is -0.361. The van der Waals surface area contributed by atoms with Crippen LogP contribution in [-0.2, 0) is 6.54 Å². The zero-order valence-corrected chi connectivity index (χ0v) is 11.6. The van der Waals surface area contributed by atoms with E-state index in [9.17, 15) is 9.18 Å². The molecule has 0 bridgehead atoms. The van der Waals surface area contributed by atoms with Crippen molar-refractivity contribution >= 4 is 5.91 Å². The number of hydrogen-bond donors (Lipinski definition) is 1. The number of halogens is 1. The molecule has 0 aliphatic heterocycles. The molecular weight excluding hydrogens is 255 g/mol. The molecule has 0 aliphatic rings. The highest BCUT2D eigenvalue weighted by atomic mass is 19.1. The SMILES string of the molecule is CC(C)c1ccc(CNC(=O)c2ccc(F)nc2)cc1. The number of amides is 1. The molecule has 20 heavy (non-hydrogen) atoms. The Kier molecular flexibility index (Phi) is 4.45. The van der Waals surface area contributed by atoms with Gasteiger partial charge in [-0.15, -0.1) is 0 Å². The van der Waals surface area contributed by atoms with Crippen LogP contribution in [0.15, 0.2) is 42.6 Å². The van der Waals surface area contributed by atoms with Gasteiger partial charge in [-0.2, -0.15) is 4.39 Å². The van der Waals surface area contributed by atoms with Crippen molar-refractivity contribution in [2.75, 3.05) is 0 Å². The first kappa shape index (κ1) is 14.2. The monoisotopic (exact) mass is 272 g/mol. The van der Waals surface area contributed by atoms with Crippen molar-refractivity contribution in [2.45, 2.75) is 26.3 Å². The second-order valence-corrected chi connectivity index (χ2v) is 4.95. The third kappa shape index (κ3) is 3.63. The van der Waals surface area contributed by atoms with Crippen molar-refractivity contribution < 1.29 is 9.18 Å². The summed E-state index contributed by atoms with van der Waals surface area (Å²) in [6, 6.07) is 10.7. The van der Waals surface area contributed by atoms with Crippen LogP contribution in [0.4, 0.5) is 4.39 Å². The normalized spacial score (nSPS) is 10.6. The topological polar surface area (TPSA) is 42.0 Å². The van der Waals surface area contributed by atoms with E-state index in [-0.39, 0.29) is 5.91 Å². The van der Waals surface area contributed by atoms with Gasteiger partial charge in [0.05, 0.1) is 5.56 Å². The van der Waals surface area contributed by atoms with Crippen LogP contribution in [0.1, 0.15) is 41.3 Å². The van der Waals surface area contributed by atoms with E-state index in [0.717, 1.165) is 5.56 Å². The summed E-state index contributed by atoms with van der Waals surface area (Å²) in [6.45, 7) is 4.71. The number of carbonyl (C=O) groups excluding carboxylic acids is 1. The van der Waals surface area contributed by atoms with Crippen LogP contribution in [0.5, 0.6) is 0 Å². The van der Waals surface area contributed by atoms with Crippen LogP contribution in [0, 0.1) is 5.95 Å². The Balaban J connectivity index is 1.94. The minimum Gasteiger partial charge on any atom is -0.348 e. The molecule has 1 amide bonds. The summed E-state index contributed by atoms with van der Waals surface area (Å²) in [6.07, 6.45) is 1.23. The number of carbonyl (C=O) groups is 1. The molecule has 0 saturated heterocycles. The Labute approximate surface area is 117 Å². The van der Waals surface area contributed by atoms with E-state index in [2.05, 4.69) is 36.3 Å². The van der Waals surface area contributed by atoms with E-state index < -0.39 is 5.95 Å². The van der Waals surface area contributed by atoms with Crippen molar-refractivity contribution in [1.82, 2.24) is 10.3 Å². The largest absolute Gasteiger partial charge is 0.348 e. The molecule has 3 nitrogen and oxygen atoms in total. The number of benzene rings is 1. The smallest absolute Gasteiger partial charge is 0.253 e. The van der Waals surface area contributed by atoms with Crippen LogP contribution >= 0.6 is 0 Å². The molecule has 0 fully saturated rings. The number of nitrogens with zero attached hydrogens (tertiary/aromatic N) is 1. The highest BCUT2D eigenvalue weighted by molar-refractivity contribution is 5.93. The van der Waals surface area contributed by atoms with Gasteiger partial charge in [0, 0.05) is 12.7 Å². The molecular formula is C16H17FN2O. The van der Waals surface area contributed by atoms with Crippen molar-refractivity contribution in [3.8, 4) is 0 Å². The molecule has 4 heteroatoms. The number of aromatic nitrogens is 1. The van der Waals surface area contributed by atoms with Gasteiger partial charge in [-0.05, 0) is 29.2 Å². The number of hydrogen-bond acceptors (Lipinski definition) is 2. The molecule has 0 aliphatic carbocycles. The van der Waals surface area contributed by atoms with Crippen molar-refractivity contribution in [1.29, 1.82) is 0 Å². The first-order chi connectivity index (χ1) is 9.56. The Morgan fingerprint density at radius 2 is 1.90 bits per heavy atom. The fraction of sp³-hybridized carbons (Fsp3) is 0.250. The lowest BCUT2D eigenvalue weighted by Crippen LogP contribution is -2.22. The predicted molar refractivity (Wildman–Crippen MR) is 75.9 cm³/mol. The maximum Gasteiger partial charge on any atom is 0.253 e. The van der Waals surface area contributed by atoms with Gasteiger partial charge in [0.25, 0.3) is 5.91 Å². The summed E-state index contributed by atoms with van der Waals surface area (Å²) in [5, 5.41) is 2.78. The summed E-state index contributed by atoms with van der Waals surface area (Å²) in [4.78, 5) is 15.3. The molecule has 1 N–H and O–H groups in total. The zero-order chi connectivity index (χ0) is 14.5. The lowest BCUT2D eigenvalue weighted by Gasteiger charge is -2.08. The van der Waals surface area contributed by atoms with Gasteiger partial charge >= 0.3 is 0 Å². The quantitative estimate of drug-likeness (QED) is 0.868. The van der Waals surface area contributed by atoms with Gasteiger partial charge in [0.2, 0.25) is 5.95 Å². The van der Waals surface area contributed by atoms with Crippen molar-refractivity contribution in [3.63, 3.8) is 0 Å². The molecule has 1 heterocycles. The maximum absolute atomic E-state index is 12.7. The minimum absolute atomic E-state index is 0.259. The molecule has 1 aromatic heterocycles. The summed E-state index contributed by atoms with van der Waals surface area (Å²) >= 11 is 0. The first-order valence-corrected chi connectivity index (χ1v) is 6.55. The first-order valence-electron chi connectivity index (χ1n) is 6.55. The van der Waals surface area contributed by atoms with Gasteiger partial charge in [0.15, 0.2) is 0 Å². The molecule has 0 radical (unpaired) electrons.